The SMILES string of the molecule is N#CCCNC(=O)c1cccc(-c2cccc3nn(Cc4ccccc4F)cc23)c1. The molecule has 0 saturated heterocycles. The number of rotatable bonds is 6. The Morgan fingerprint density at radius 1 is 1.10 bits per heavy atom. The predicted molar refractivity (Wildman–Crippen MR) is 113 cm³/mol. The summed E-state index contributed by atoms with van der Waals surface area (Å²) in [6.45, 7) is 0.653. The zero-order valence-corrected chi connectivity index (χ0v) is 16.2. The Balaban J connectivity index is 1.66. The summed E-state index contributed by atoms with van der Waals surface area (Å²) in [6, 6.07) is 21.8. The molecule has 0 bridgehead atoms. The van der Waals surface area contributed by atoms with Crippen molar-refractivity contribution in [3.05, 3.63) is 89.9 Å². The molecule has 0 atom stereocenters. The lowest BCUT2D eigenvalue weighted by molar-refractivity contribution is 0.0954. The van der Waals surface area contributed by atoms with Crippen molar-refractivity contribution in [2.45, 2.75) is 13.0 Å². The van der Waals surface area contributed by atoms with Crippen LogP contribution in [-0.4, -0.2) is 22.2 Å². The van der Waals surface area contributed by atoms with E-state index in [0.717, 1.165) is 22.0 Å². The molecule has 1 aromatic heterocycles. The van der Waals surface area contributed by atoms with Crippen molar-refractivity contribution in [2.24, 2.45) is 0 Å². The number of nitrogens with zero attached hydrogens (tertiary/aromatic N) is 3. The van der Waals surface area contributed by atoms with Crippen molar-refractivity contribution >= 4 is 16.8 Å². The Kier molecular flexibility index (Phi) is 5.53. The van der Waals surface area contributed by atoms with Crippen molar-refractivity contribution in [1.82, 2.24) is 15.1 Å². The number of amides is 1. The maximum absolute atomic E-state index is 14.0. The first-order valence-electron chi connectivity index (χ1n) is 9.61. The van der Waals surface area contributed by atoms with Crippen LogP contribution in [0.25, 0.3) is 22.0 Å². The number of benzene rings is 3. The van der Waals surface area contributed by atoms with Crippen LogP contribution in [0.4, 0.5) is 4.39 Å². The average Bonchev–Trinajstić information content (AvgIpc) is 3.18. The molecule has 0 fully saturated rings. The summed E-state index contributed by atoms with van der Waals surface area (Å²) in [5.41, 5.74) is 3.73. The van der Waals surface area contributed by atoms with Crippen LogP contribution in [0, 0.1) is 17.1 Å². The molecule has 5 nitrogen and oxygen atoms in total. The quantitative estimate of drug-likeness (QED) is 0.485. The Morgan fingerprint density at radius 3 is 2.77 bits per heavy atom. The van der Waals surface area contributed by atoms with Gasteiger partial charge in [-0.3, -0.25) is 9.48 Å². The van der Waals surface area contributed by atoms with E-state index in [2.05, 4.69) is 10.4 Å². The number of nitrogens with one attached hydrogen (secondary N) is 1. The third-order valence-corrected chi connectivity index (χ3v) is 4.85. The van der Waals surface area contributed by atoms with Crippen LogP contribution in [0.2, 0.25) is 0 Å². The topological polar surface area (TPSA) is 70.7 Å². The average molecular weight is 398 g/mol. The lowest BCUT2D eigenvalue weighted by atomic mass is 10.00. The fourth-order valence-corrected chi connectivity index (χ4v) is 3.39. The summed E-state index contributed by atoms with van der Waals surface area (Å²) in [4.78, 5) is 12.3. The highest BCUT2D eigenvalue weighted by Crippen LogP contribution is 2.29. The highest BCUT2D eigenvalue weighted by Gasteiger charge is 2.12. The van der Waals surface area contributed by atoms with Gasteiger partial charge in [0.2, 0.25) is 0 Å². The van der Waals surface area contributed by atoms with E-state index in [-0.39, 0.29) is 18.1 Å². The third kappa shape index (κ3) is 4.06. The van der Waals surface area contributed by atoms with E-state index in [0.29, 0.717) is 24.2 Å². The summed E-state index contributed by atoms with van der Waals surface area (Å²) in [5, 5.41) is 16.9. The van der Waals surface area contributed by atoms with Gasteiger partial charge >= 0.3 is 0 Å². The van der Waals surface area contributed by atoms with Gasteiger partial charge in [-0.25, -0.2) is 4.39 Å². The number of carbonyl (C=O) groups is 1. The highest BCUT2D eigenvalue weighted by atomic mass is 19.1. The molecule has 1 N–H and O–H groups in total. The molecular weight excluding hydrogens is 379 g/mol. The third-order valence-electron chi connectivity index (χ3n) is 4.85. The van der Waals surface area contributed by atoms with Crippen LogP contribution in [-0.2, 0) is 6.54 Å². The van der Waals surface area contributed by atoms with Crippen molar-refractivity contribution < 1.29 is 9.18 Å². The van der Waals surface area contributed by atoms with Gasteiger partial charge in [-0.05, 0) is 35.4 Å². The largest absolute Gasteiger partial charge is 0.351 e. The molecule has 0 spiro atoms. The molecule has 6 heteroatoms. The van der Waals surface area contributed by atoms with Crippen LogP contribution < -0.4 is 5.32 Å². The molecular formula is C24H19FN4O. The maximum atomic E-state index is 14.0. The van der Waals surface area contributed by atoms with Crippen molar-refractivity contribution in [2.75, 3.05) is 6.54 Å². The van der Waals surface area contributed by atoms with Gasteiger partial charge in [0, 0.05) is 29.3 Å². The number of hydrogen-bond acceptors (Lipinski definition) is 3. The monoisotopic (exact) mass is 398 g/mol. The van der Waals surface area contributed by atoms with Gasteiger partial charge in [0.05, 0.1) is 24.6 Å². The minimum absolute atomic E-state index is 0.213. The van der Waals surface area contributed by atoms with Crippen LogP contribution in [0.3, 0.4) is 0 Å². The fraction of sp³-hybridized carbons (Fsp3) is 0.125. The molecule has 4 aromatic rings. The van der Waals surface area contributed by atoms with Crippen LogP contribution in [0.5, 0.6) is 0 Å². The number of aromatic nitrogens is 2. The van der Waals surface area contributed by atoms with Crippen LogP contribution in [0.15, 0.2) is 72.9 Å². The Hall–Kier alpha value is -3.98. The molecule has 30 heavy (non-hydrogen) atoms. The lowest BCUT2D eigenvalue weighted by Gasteiger charge is -2.07. The molecule has 4 rings (SSSR count). The molecule has 1 heterocycles. The maximum Gasteiger partial charge on any atom is 0.251 e. The van der Waals surface area contributed by atoms with E-state index < -0.39 is 0 Å². The molecule has 0 aliphatic rings. The fourth-order valence-electron chi connectivity index (χ4n) is 3.39. The zero-order chi connectivity index (χ0) is 20.9. The summed E-state index contributed by atoms with van der Waals surface area (Å²) >= 11 is 0. The van der Waals surface area contributed by atoms with Gasteiger partial charge in [-0.1, -0.05) is 42.5 Å². The van der Waals surface area contributed by atoms with E-state index in [4.69, 9.17) is 5.26 Å². The first-order chi connectivity index (χ1) is 14.7. The summed E-state index contributed by atoms with van der Waals surface area (Å²) < 4.78 is 15.7. The van der Waals surface area contributed by atoms with E-state index in [1.54, 1.807) is 28.9 Å². The number of halogens is 1. The predicted octanol–water partition coefficient (Wildman–Crippen LogP) is 4.53. The number of carbonyl (C=O) groups excluding carboxylic acids is 1. The Labute approximate surface area is 173 Å². The molecule has 3 aromatic carbocycles. The van der Waals surface area contributed by atoms with E-state index in [9.17, 15) is 9.18 Å². The van der Waals surface area contributed by atoms with Gasteiger partial charge in [0.25, 0.3) is 5.91 Å². The molecule has 0 radical (unpaired) electrons. The standard InChI is InChI=1S/C24H19FN4O/c25-22-10-2-1-6-19(22)15-29-16-21-20(9-4-11-23(21)28-29)17-7-3-8-18(14-17)24(30)27-13-5-12-26/h1-4,6-11,14,16H,5,13,15H2,(H,27,30). The van der Waals surface area contributed by atoms with Crippen LogP contribution in [0.1, 0.15) is 22.3 Å². The van der Waals surface area contributed by atoms with E-state index in [1.807, 2.05) is 48.7 Å². The second-order valence-corrected chi connectivity index (χ2v) is 6.90. The molecule has 148 valence electrons. The summed E-state index contributed by atoms with van der Waals surface area (Å²) in [6.07, 6.45) is 2.17. The van der Waals surface area contributed by atoms with Crippen molar-refractivity contribution in [1.29, 1.82) is 5.26 Å². The van der Waals surface area contributed by atoms with E-state index >= 15 is 0 Å². The first-order valence-corrected chi connectivity index (χ1v) is 9.61. The van der Waals surface area contributed by atoms with Gasteiger partial charge in [0.1, 0.15) is 5.82 Å². The number of nitriles is 1. The van der Waals surface area contributed by atoms with Gasteiger partial charge in [0.15, 0.2) is 0 Å². The molecule has 0 aliphatic carbocycles. The second-order valence-electron chi connectivity index (χ2n) is 6.90. The van der Waals surface area contributed by atoms with Crippen molar-refractivity contribution in [3.63, 3.8) is 0 Å². The van der Waals surface area contributed by atoms with Gasteiger partial charge < -0.3 is 5.32 Å². The minimum Gasteiger partial charge on any atom is -0.351 e. The highest BCUT2D eigenvalue weighted by molar-refractivity contribution is 5.98. The summed E-state index contributed by atoms with van der Waals surface area (Å²) in [5.74, 6) is -0.470. The van der Waals surface area contributed by atoms with Crippen molar-refractivity contribution in [3.8, 4) is 17.2 Å². The normalized spacial score (nSPS) is 10.7. The number of hydrogen-bond donors (Lipinski definition) is 1. The van der Waals surface area contributed by atoms with Gasteiger partial charge in [-0.2, -0.15) is 10.4 Å². The summed E-state index contributed by atoms with van der Waals surface area (Å²) in [7, 11) is 0. The smallest absolute Gasteiger partial charge is 0.251 e. The molecule has 0 aliphatic heterocycles. The Morgan fingerprint density at radius 2 is 1.93 bits per heavy atom. The van der Waals surface area contributed by atoms with E-state index in [1.165, 1.54) is 6.07 Å². The lowest BCUT2D eigenvalue weighted by Crippen LogP contribution is -2.24. The number of fused-ring (bicyclic) bond motifs is 1. The minimum atomic E-state index is -0.257. The van der Waals surface area contributed by atoms with Gasteiger partial charge in [-0.15, -0.1) is 0 Å². The van der Waals surface area contributed by atoms with Crippen LogP contribution >= 0.6 is 0 Å². The Bertz CT molecular complexity index is 1260. The molecule has 1 amide bonds. The first kappa shape index (κ1) is 19.3. The molecule has 0 unspecified atom stereocenters. The second kappa shape index (κ2) is 8.58. The molecule has 0 saturated carbocycles. The zero-order valence-electron chi connectivity index (χ0n) is 16.2.